The summed E-state index contributed by atoms with van der Waals surface area (Å²) in [6.45, 7) is 3.16. The normalized spacial score (nSPS) is 12.1. The molecule has 0 unspecified atom stereocenters. The number of nitrogens with one attached hydrogen (secondary N) is 1. The molecule has 0 fully saturated rings. The largest absolute Gasteiger partial charge is 0.416 e. The Morgan fingerprint density at radius 1 is 0.963 bits per heavy atom. The third kappa shape index (κ3) is 5.41. The molecule has 1 amide bonds. The van der Waals surface area contributed by atoms with E-state index in [-0.39, 0.29) is 21.7 Å². The van der Waals surface area contributed by atoms with Crippen LogP contribution < -0.4 is 5.32 Å². The van der Waals surface area contributed by atoms with Gasteiger partial charge in [-0.15, -0.1) is 11.8 Å². The van der Waals surface area contributed by atoms with E-state index in [0.717, 1.165) is 42.1 Å². The summed E-state index contributed by atoms with van der Waals surface area (Å²) in [6, 6.07) is 5.72. The number of aryl methyl sites for hydroxylation is 1. The summed E-state index contributed by atoms with van der Waals surface area (Å²) in [5.74, 6) is -0.358. The van der Waals surface area contributed by atoms with Gasteiger partial charge in [-0.05, 0) is 54.6 Å². The highest BCUT2D eigenvalue weighted by Gasteiger charge is 2.32. The van der Waals surface area contributed by atoms with Crippen LogP contribution in [0.1, 0.15) is 34.0 Å². The number of amides is 1. The van der Waals surface area contributed by atoms with Crippen LogP contribution in [-0.4, -0.2) is 11.7 Å². The fraction of sp³-hybridized carbons (Fsp3) is 0.278. The first-order valence-corrected chi connectivity index (χ1v) is 8.74. The van der Waals surface area contributed by atoms with Crippen LogP contribution in [0.4, 0.5) is 32.0 Å². The zero-order valence-corrected chi connectivity index (χ0v) is 15.1. The van der Waals surface area contributed by atoms with Crippen LogP contribution in [0.5, 0.6) is 0 Å². The predicted octanol–water partition coefficient (Wildman–Crippen LogP) is 6.40. The molecule has 2 aromatic carbocycles. The van der Waals surface area contributed by atoms with Crippen molar-refractivity contribution in [3.8, 4) is 0 Å². The summed E-state index contributed by atoms with van der Waals surface area (Å²) >= 11 is 1.04. The number of carbonyl (C=O) groups excluding carboxylic acids is 1. The first-order chi connectivity index (χ1) is 12.4. The lowest BCUT2D eigenvalue weighted by Crippen LogP contribution is -2.15. The molecule has 2 rings (SSSR count). The Kier molecular flexibility index (Phi) is 6.14. The molecule has 1 N–H and O–H groups in total. The molecular formula is C18H15F6NOS. The van der Waals surface area contributed by atoms with Crippen molar-refractivity contribution >= 4 is 23.4 Å². The second-order valence-electron chi connectivity index (χ2n) is 5.68. The lowest BCUT2D eigenvalue weighted by atomic mass is 10.1. The average Bonchev–Trinajstić information content (AvgIpc) is 2.52. The highest BCUT2D eigenvalue weighted by Crippen LogP contribution is 2.35. The second kappa shape index (κ2) is 7.84. The topological polar surface area (TPSA) is 29.1 Å². The zero-order valence-electron chi connectivity index (χ0n) is 14.3. The van der Waals surface area contributed by atoms with Gasteiger partial charge in [0, 0.05) is 10.6 Å². The van der Waals surface area contributed by atoms with Crippen molar-refractivity contribution in [2.24, 2.45) is 0 Å². The Labute approximate surface area is 156 Å². The van der Waals surface area contributed by atoms with Crippen LogP contribution in [0, 0.1) is 6.92 Å². The van der Waals surface area contributed by atoms with Crippen LogP contribution >= 0.6 is 11.8 Å². The van der Waals surface area contributed by atoms with Gasteiger partial charge in [-0.2, -0.15) is 26.3 Å². The Morgan fingerprint density at radius 2 is 1.59 bits per heavy atom. The number of halogens is 6. The molecule has 0 heterocycles. The molecule has 0 aliphatic rings. The summed E-state index contributed by atoms with van der Waals surface area (Å²) in [6.07, 6.45) is -9.14. The van der Waals surface area contributed by atoms with E-state index in [1.807, 2.05) is 0 Å². The van der Waals surface area contributed by atoms with Crippen LogP contribution in [0.25, 0.3) is 0 Å². The van der Waals surface area contributed by atoms with Gasteiger partial charge in [0.2, 0.25) is 0 Å². The van der Waals surface area contributed by atoms with Gasteiger partial charge >= 0.3 is 12.4 Å². The Morgan fingerprint density at radius 3 is 2.15 bits per heavy atom. The highest BCUT2D eigenvalue weighted by atomic mass is 32.2. The van der Waals surface area contributed by atoms with Gasteiger partial charge in [0.1, 0.15) is 0 Å². The zero-order chi connectivity index (χ0) is 20.4. The fourth-order valence-corrected chi connectivity index (χ4v) is 3.22. The number of hydrogen-bond acceptors (Lipinski definition) is 2. The molecule has 0 aliphatic heterocycles. The average molecular weight is 407 g/mol. The smallest absolute Gasteiger partial charge is 0.322 e. The van der Waals surface area contributed by atoms with Gasteiger partial charge in [0.25, 0.3) is 5.91 Å². The van der Waals surface area contributed by atoms with Gasteiger partial charge in [-0.25, -0.2) is 0 Å². The van der Waals surface area contributed by atoms with Crippen molar-refractivity contribution in [2.45, 2.75) is 31.1 Å². The lowest BCUT2D eigenvalue weighted by Gasteiger charge is -2.14. The van der Waals surface area contributed by atoms with Crippen molar-refractivity contribution in [1.82, 2.24) is 0 Å². The van der Waals surface area contributed by atoms with Crippen molar-refractivity contribution in [3.05, 3.63) is 58.7 Å². The van der Waals surface area contributed by atoms with E-state index in [1.165, 1.54) is 13.0 Å². The molecule has 27 heavy (non-hydrogen) atoms. The Balaban J connectivity index is 2.37. The van der Waals surface area contributed by atoms with Gasteiger partial charge in [0.05, 0.1) is 16.7 Å². The first-order valence-electron chi connectivity index (χ1n) is 7.76. The van der Waals surface area contributed by atoms with E-state index in [1.54, 1.807) is 6.92 Å². The maximum absolute atomic E-state index is 12.9. The molecule has 0 aromatic heterocycles. The minimum Gasteiger partial charge on any atom is -0.322 e. The van der Waals surface area contributed by atoms with Gasteiger partial charge in [-0.3, -0.25) is 4.79 Å². The number of anilines is 1. The van der Waals surface area contributed by atoms with E-state index in [2.05, 4.69) is 5.32 Å². The number of hydrogen-bond donors (Lipinski definition) is 1. The standard InChI is InChI=1S/C18H15F6NOS/c1-3-27-15-9-11(17(19,20)21)4-5-14(15)16(26)25-13-7-10(2)6-12(8-13)18(22,23)24/h4-9H,3H2,1-2H3,(H,25,26). The molecule has 2 aromatic rings. The Hall–Kier alpha value is -2.16. The summed E-state index contributed by atoms with van der Waals surface area (Å²) in [7, 11) is 0. The molecule has 0 atom stereocenters. The fourth-order valence-electron chi connectivity index (χ4n) is 2.38. The predicted molar refractivity (Wildman–Crippen MR) is 92.0 cm³/mol. The number of rotatable bonds is 4. The van der Waals surface area contributed by atoms with Crippen molar-refractivity contribution in [2.75, 3.05) is 11.1 Å². The highest BCUT2D eigenvalue weighted by molar-refractivity contribution is 7.99. The SMILES string of the molecule is CCSc1cc(C(F)(F)F)ccc1C(=O)Nc1cc(C)cc(C(F)(F)F)c1. The van der Waals surface area contributed by atoms with Crippen LogP contribution in [0.3, 0.4) is 0 Å². The Bertz CT molecular complexity index is 845. The minimum absolute atomic E-state index is 0.0371. The molecule has 0 bridgehead atoms. The molecule has 0 saturated carbocycles. The molecule has 9 heteroatoms. The van der Waals surface area contributed by atoms with Crippen LogP contribution in [0.2, 0.25) is 0 Å². The quantitative estimate of drug-likeness (QED) is 0.470. The van der Waals surface area contributed by atoms with E-state index >= 15 is 0 Å². The monoisotopic (exact) mass is 407 g/mol. The van der Waals surface area contributed by atoms with Crippen molar-refractivity contribution < 1.29 is 31.1 Å². The number of alkyl halides is 6. The van der Waals surface area contributed by atoms with E-state index in [9.17, 15) is 31.1 Å². The molecule has 0 saturated heterocycles. The number of thioether (sulfide) groups is 1. The van der Waals surface area contributed by atoms with Gasteiger partial charge < -0.3 is 5.32 Å². The minimum atomic E-state index is -4.58. The molecule has 2 nitrogen and oxygen atoms in total. The van der Waals surface area contributed by atoms with Gasteiger partial charge in [-0.1, -0.05) is 6.92 Å². The van der Waals surface area contributed by atoms with Crippen molar-refractivity contribution in [3.63, 3.8) is 0 Å². The number of carbonyl (C=O) groups is 1. The second-order valence-corrected chi connectivity index (χ2v) is 6.99. The van der Waals surface area contributed by atoms with Crippen LogP contribution in [-0.2, 0) is 12.4 Å². The lowest BCUT2D eigenvalue weighted by molar-refractivity contribution is -0.138. The summed E-state index contributed by atoms with van der Waals surface area (Å²) in [5.41, 5.74) is -1.65. The molecular weight excluding hydrogens is 392 g/mol. The first kappa shape index (κ1) is 21.1. The molecule has 0 radical (unpaired) electrons. The molecule has 0 aliphatic carbocycles. The maximum atomic E-state index is 12.9. The van der Waals surface area contributed by atoms with E-state index in [4.69, 9.17) is 0 Å². The maximum Gasteiger partial charge on any atom is 0.416 e. The molecule has 0 spiro atoms. The summed E-state index contributed by atoms with van der Waals surface area (Å²) < 4.78 is 77.3. The van der Waals surface area contributed by atoms with Crippen LogP contribution in [0.15, 0.2) is 41.3 Å². The summed E-state index contributed by atoms with van der Waals surface area (Å²) in [4.78, 5) is 12.6. The van der Waals surface area contributed by atoms with E-state index in [0.29, 0.717) is 5.75 Å². The number of benzene rings is 2. The summed E-state index contributed by atoms with van der Waals surface area (Å²) in [5, 5.41) is 2.34. The molecule has 146 valence electrons. The van der Waals surface area contributed by atoms with Crippen molar-refractivity contribution in [1.29, 1.82) is 0 Å². The third-order valence-corrected chi connectivity index (χ3v) is 4.45. The third-order valence-electron chi connectivity index (χ3n) is 3.52. The van der Waals surface area contributed by atoms with Gasteiger partial charge in [0.15, 0.2) is 0 Å². The van der Waals surface area contributed by atoms with E-state index < -0.39 is 29.4 Å².